The number of hydrogen-bond acceptors (Lipinski definition) is 1. The van der Waals surface area contributed by atoms with Gasteiger partial charge in [0.05, 0.1) is 5.56 Å². The third-order valence-electron chi connectivity index (χ3n) is 4.90. The molecule has 3 aromatic rings. The molecule has 8 heteroatoms. The Morgan fingerprint density at radius 2 is 1.28 bits per heavy atom. The van der Waals surface area contributed by atoms with Crippen molar-refractivity contribution in [3.05, 3.63) is 88.7 Å². The number of aryl methyl sites for hydroxylation is 1. The Kier molecular flexibility index (Phi) is 7.11. The van der Waals surface area contributed by atoms with Gasteiger partial charge in [-0.05, 0) is 53.8 Å². The molecular formula is C24H19F7O. The van der Waals surface area contributed by atoms with E-state index in [1.54, 1.807) is 12.1 Å². The quantitative estimate of drug-likeness (QED) is 0.190. The van der Waals surface area contributed by atoms with Gasteiger partial charge in [-0.25, -0.2) is 22.0 Å². The van der Waals surface area contributed by atoms with Crippen LogP contribution in [0.4, 0.5) is 30.7 Å². The lowest BCUT2D eigenvalue weighted by molar-refractivity contribution is -0.188. The van der Waals surface area contributed by atoms with Crippen LogP contribution in [0.15, 0.2) is 48.5 Å². The van der Waals surface area contributed by atoms with Crippen LogP contribution in [0.25, 0.3) is 11.1 Å². The van der Waals surface area contributed by atoms with Crippen molar-refractivity contribution >= 4 is 0 Å². The van der Waals surface area contributed by atoms with Crippen molar-refractivity contribution in [1.29, 1.82) is 0 Å². The van der Waals surface area contributed by atoms with Crippen molar-refractivity contribution in [3.8, 4) is 16.9 Å². The van der Waals surface area contributed by atoms with Gasteiger partial charge >= 0.3 is 6.11 Å². The first-order chi connectivity index (χ1) is 15.1. The molecule has 0 aromatic heterocycles. The molecule has 3 rings (SSSR count). The van der Waals surface area contributed by atoms with Gasteiger partial charge in [0.2, 0.25) is 0 Å². The van der Waals surface area contributed by atoms with E-state index in [4.69, 9.17) is 0 Å². The number of rotatable bonds is 8. The molecule has 0 N–H and O–H groups in total. The van der Waals surface area contributed by atoms with Crippen LogP contribution in [0.3, 0.4) is 0 Å². The van der Waals surface area contributed by atoms with Crippen molar-refractivity contribution in [2.24, 2.45) is 0 Å². The minimum atomic E-state index is -4.53. The molecule has 0 saturated carbocycles. The summed E-state index contributed by atoms with van der Waals surface area (Å²) < 4.78 is 101. The summed E-state index contributed by atoms with van der Waals surface area (Å²) in [5.74, 6) is -10.0. The summed E-state index contributed by atoms with van der Waals surface area (Å²) in [6, 6.07) is 8.56. The molecule has 0 atom stereocenters. The van der Waals surface area contributed by atoms with Crippen LogP contribution < -0.4 is 4.74 Å². The number of alkyl halides is 2. The molecular weight excluding hydrogens is 437 g/mol. The zero-order valence-corrected chi connectivity index (χ0v) is 17.0. The second-order valence-corrected chi connectivity index (χ2v) is 7.30. The molecule has 0 spiro atoms. The van der Waals surface area contributed by atoms with E-state index in [1.165, 1.54) is 0 Å². The van der Waals surface area contributed by atoms with Crippen LogP contribution in [-0.2, 0) is 12.5 Å². The average molecular weight is 456 g/mol. The SMILES string of the molecule is CCCCCc1ccc(-c2cc(F)c(OC(F)(F)c3cc(F)c(F)c(F)c3)c(F)c2)cc1. The van der Waals surface area contributed by atoms with Gasteiger partial charge in [-0.1, -0.05) is 44.0 Å². The second kappa shape index (κ2) is 9.63. The first kappa shape index (κ1) is 23.6. The minimum absolute atomic E-state index is 0.00927. The number of benzene rings is 3. The molecule has 0 fully saturated rings. The van der Waals surface area contributed by atoms with Crippen LogP contribution in [0, 0.1) is 29.1 Å². The first-order valence-electron chi connectivity index (χ1n) is 9.92. The topological polar surface area (TPSA) is 9.23 Å². The predicted molar refractivity (Wildman–Crippen MR) is 106 cm³/mol. The van der Waals surface area contributed by atoms with E-state index in [0.29, 0.717) is 5.56 Å². The Labute approximate surface area is 180 Å². The fraction of sp³-hybridized carbons (Fsp3) is 0.250. The normalized spacial score (nSPS) is 11.6. The number of halogens is 7. The highest BCUT2D eigenvalue weighted by atomic mass is 19.3. The van der Waals surface area contributed by atoms with Crippen LogP contribution in [0.2, 0.25) is 0 Å². The van der Waals surface area contributed by atoms with Crippen LogP contribution in [0.1, 0.15) is 37.3 Å². The largest absolute Gasteiger partial charge is 0.427 e. The predicted octanol–water partition coefficient (Wildman–Crippen LogP) is 7.91. The van der Waals surface area contributed by atoms with Crippen molar-refractivity contribution in [1.82, 2.24) is 0 Å². The van der Waals surface area contributed by atoms with Crippen molar-refractivity contribution in [2.75, 3.05) is 0 Å². The molecule has 0 amide bonds. The highest BCUT2D eigenvalue weighted by Crippen LogP contribution is 2.37. The maximum atomic E-state index is 14.4. The summed E-state index contributed by atoms with van der Waals surface area (Å²) >= 11 is 0. The maximum absolute atomic E-state index is 14.4. The molecule has 0 bridgehead atoms. The summed E-state index contributed by atoms with van der Waals surface area (Å²) in [5.41, 5.74) is 0.176. The Balaban J connectivity index is 1.84. The number of ether oxygens (including phenoxy) is 1. The molecule has 32 heavy (non-hydrogen) atoms. The summed E-state index contributed by atoms with van der Waals surface area (Å²) in [6.07, 6.45) is -0.486. The van der Waals surface area contributed by atoms with E-state index in [1.807, 2.05) is 12.1 Å². The lowest BCUT2D eigenvalue weighted by Gasteiger charge is -2.20. The van der Waals surface area contributed by atoms with E-state index >= 15 is 0 Å². The molecule has 0 unspecified atom stereocenters. The number of hydrogen-bond donors (Lipinski definition) is 0. The molecule has 0 aliphatic heterocycles. The third kappa shape index (κ3) is 5.23. The molecule has 0 aliphatic carbocycles. The van der Waals surface area contributed by atoms with E-state index in [-0.39, 0.29) is 17.7 Å². The van der Waals surface area contributed by atoms with Gasteiger partial charge in [-0.3, -0.25) is 0 Å². The van der Waals surface area contributed by atoms with Crippen LogP contribution in [-0.4, -0.2) is 0 Å². The Morgan fingerprint density at radius 3 is 1.81 bits per heavy atom. The smallest absolute Gasteiger partial charge is 0.423 e. The summed E-state index contributed by atoms with van der Waals surface area (Å²) in [7, 11) is 0. The lowest BCUT2D eigenvalue weighted by atomic mass is 10.0. The van der Waals surface area contributed by atoms with Gasteiger partial charge in [-0.15, -0.1) is 0 Å². The third-order valence-corrected chi connectivity index (χ3v) is 4.90. The van der Waals surface area contributed by atoms with Crippen LogP contribution >= 0.6 is 0 Å². The van der Waals surface area contributed by atoms with E-state index < -0.39 is 46.5 Å². The highest BCUT2D eigenvalue weighted by Gasteiger charge is 2.38. The Bertz CT molecular complexity index is 1050. The van der Waals surface area contributed by atoms with Crippen molar-refractivity contribution in [2.45, 2.75) is 38.7 Å². The standard InChI is InChI=1S/C24H19F7O/c1-2-3-4-5-14-6-8-15(9-7-14)16-10-20(27)23(21(28)11-16)32-24(30,31)17-12-18(25)22(29)19(26)13-17/h6-13H,2-5H2,1H3. The maximum Gasteiger partial charge on any atom is 0.427 e. The van der Waals surface area contributed by atoms with Gasteiger partial charge in [0.15, 0.2) is 34.8 Å². The van der Waals surface area contributed by atoms with E-state index in [2.05, 4.69) is 11.7 Å². The summed E-state index contributed by atoms with van der Waals surface area (Å²) in [6.45, 7) is 2.09. The molecule has 3 aromatic carbocycles. The molecule has 1 nitrogen and oxygen atoms in total. The average Bonchev–Trinajstić information content (AvgIpc) is 2.74. The lowest BCUT2D eigenvalue weighted by Crippen LogP contribution is -2.24. The molecule has 0 heterocycles. The van der Waals surface area contributed by atoms with Gasteiger partial charge in [-0.2, -0.15) is 8.78 Å². The van der Waals surface area contributed by atoms with E-state index in [9.17, 15) is 30.7 Å². The second-order valence-electron chi connectivity index (χ2n) is 7.30. The van der Waals surface area contributed by atoms with Gasteiger partial charge < -0.3 is 4.74 Å². The van der Waals surface area contributed by atoms with Crippen LogP contribution in [0.5, 0.6) is 5.75 Å². The van der Waals surface area contributed by atoms with Gasteiger partial charge in [0, 0.05) is 0 Å². The van der Waals surface area contributed by atoms with Gasteiger partial charge in [0.25, 0.3) is 0 Å². The summed E-state index contributed by atoms with van der Waals surface area (Å²) in [4.78, 5) is 0. The molecule has 0 radical (unpaired) electrons. The highest BCUT2D eigenvalue weighted by molar-refractivity contribution is 5.65. The van der Waals surface area contributed by atoms with Crippen molar-refractivity contribution in [3.63, 3.8) is 0 Å². The molecule has 0 aliphatic rings. The minimum Gasteiger partial charge on any atom is -0.423 e. The summed E-state index contributed by atoms with van der Waals surface area (Å²) in [5, 5.41) is 0. The fourth-order valence-corrected chi connectivity index (χ4v) is 3.18. The Morgan fingerprint density at radius 1 is 0.719 bits per heavy atom. The zero-order chi connectivity index (χ0) is 23.5. The molecule has 0 saturated heterocycles. The monoisotopic (exact) mass is 456 g/mol. The van der Waals surface area contributed by atoms with Crippen molar-refractivity contribution < 1.29 is 35.5 Å². The van der Waals surface area contributed by atoms with Gasteiger partial charge in [0.1, 0.15) is 0 Å². The molecule has 170 valence electrons. The zero-order valence-electron chi connectivity index (χ0n) is 17.0. The number of unbranched alkanes of at least 4 members (excludes halogenated alkanes) is 2. The Hall–Kier alpha value is -3.03. The first-order valence-corrected chi connectivity index (χ1v) is 9.92. The fourth-order valence-electron chi connectivity index (χ4n) is 3.18. The van der Waals surface area contributed by atoms with E-state index in [0.717, 1.165) is 43.4 Å².